The van der Waals surface area contributed by atoms with Crippen LogP contribution >= 0.6 is 0 Å². The van der Waals surface area contributed by atoms with E-state index in [-0.39, 0.29) is 5.97 Å². The van der Waals surface area contributed by atoms with Gasteiger partial charge in [0.15, 0.2) is 0 Å². The van der Waals surface area contributed by atoms with Crippen LogP contribution in [-0.4, -0.2) is 22.1 Å². The van der Waals surface area contributed by atoms with E-state index in [0.29, 0.717) is 11.6 Å². The maximum absolute atomic E-state index is 10.3. The van der Waals surface area contributed by atoms with Gasteiger partial charge in [-0.1, -0.05) is 20.8 Å². The molecule has 0 atom stereocenters. The summed E-state index contributed by atoms with van der Waals surface area (Å²) in [6.45, 7) is 8.60. The van der Waals surface area contributed by atoms with E-state index < -0.39 is 0 Å². The summed E-state index contributed by atoms with van der Waals surface area (Å²) >= 11 is 0. The highest BCUT2D eigenvalue weighted by atomic mass is 28.2. The summed E-state index contributed by atoms with van der Waals surface area (Å²) in [7, 11) is 0.864. The lowest BCUT2D eigenvalue weighted by Gasteiger charge is -2.15. The predicted octanol–water partition coefficient (Wildman–Crippen LogP) is 1.89. The Balaban J connectivity index is 3.22. The summed E-state index contributed by atoms with van der Waals surface area (Å²) in [5, 5.41) is 0.375. The molecule has 0 bridgehead atoms. The first-order chi connectivity index (χ1) is 4.92. The lowest BCUT2D eigenvalue weighted by atomic mass is 10.3. The average Bonchev–Trinajstić information content (AvgIpc) is 1.78. The molecule has 0 aliphatic heterocycles. The van der Waals surface area contributed by atoms with Gasteiger partial charge in [0.1, 0.15) is 0 Å². The zero-order valence-electron chi connectivity index (χ0n) is 7.73. The second kappa shape index (κ2) is 4.54. The average molecular weight is 172 g/mol. The summed E-state index contributed by atoms with van der Waals surface area (Å²) in [5.74, 6) is -0.177. The van der Waals surface area contributed by atoms with Crippen LogP contribution < -0.4 is 0 Å². The maximum Gasteiger partial charge on any atom is 0.302 e. The number of ether oxygens (including phenoxy) is 1. The van der Waals surface area contributed by atoms with E-state index in [1.165, 1.54) is 6.92 Å². The van der Waals surface area contributed by atoms with Crippen LogP contribution in [0, 0.1) is 0 Å². The van der Waals surface area contributed by atoms with Crippen molar-refractivity contribution in [2.24, 2.45) is 0 Å². The smallest absolute Gasteiger partial charge is 0.302 e. The molecule has 0 fully saturated rings. The molecule has 0 aromatic carbocycles. The molecule has 2 radical (unpaired) electrons. The molecule has 0 aromatic rings. The first-order valence-corrected chi connectivity index (χ1v) is 5.01. The van der Waals surface area contributed by atoms with E-state index in [0.717, 1.165) is 15.6 Å². The van der Waals surface area contributed by atoms with Gasteiger partial charge in [0.25, 0.3) is 0 Å². The molecule has 0 aliphatic carbocycles. The fourth-order valence-electron chi connectivity index (χ4n) is 0.621. The lowest BCUT2D eigenvalue weighted by molar-refractivity contribution is -0.140. The van der Waals surface area contributed by atoms with Gasteiger partial charge in [0, 0.05) is 16.4 Å². The van der Waals surface area contributed by atoms with Gasteiger partial charge in [0.2, 0.25) is 0 Å². The molecule has 0 saturated heterocycles. The molecule has 2 nitrogen and oxygen atoms in total. The topological polar surface area (TPSA) is 26.3 Å². The molecule has 0 unspecified atom stereocenters. The second-order valence-corrected chi connectivity index (χ2v) is 5.87. The van der Waals surface area contributed by atoms with Gasteiger partial charge in [-0.25, -0.2) is 0 Å². The third-order valence-corrected chi connectivity index (χ3v) is 2.58. The van der Waals surface area contributed by atoms with Gasteiger partial charge >= 0.3 is 5.97 Å². The van der Waals surface area contributed by atoms with Gasteiger partial charge in [-0.2, -0.15) is 0 Å². The standard InChI is InChI=1S/C8H16O2Si/c1-7(9)10-5-6-11-8(2,3)4/h5-6H2,1-4H3. The third-order valence-electron chi connectivity index (χ3n) is 1.06. The van der Waals surface area contributed by atoms with Crippen molar-refractivity contribution in [3.05, 3.63) is 0 Å². The van der Waals surface area contributed by atoms with Crippen molar-refractivity contribution in [3.8, 4) is 0 Å². The van der Waals surface area contributed by atoms with E-state index in [9.17, 15) is 4.79 Å². The summed E-state index contributed by atoms with van der Waals surface area (Å²) in [4.78, 5) is 10.3. The van der Waals surface area contributed by atoms with Gasteiger partial charge < -0.3 is 4.74 Å². The van der Waals surface area contributed by atoms with Crippen LogP contribution in [0.25, 0.3) is 0 Å². The molecule has 0 rings (SSSR count). The zero-order valence-corrected chi connectivity index (χ0v) is 8.73. The van der Waals surface area contributed by atoms with E-state index in [1.54, 1.807) is 0 Å². The SMILES string of the molecule is CC(=O)OCC[Si]C(C)(C)C. The van der Waals surface area contributed by atoms with E-state index in [2.05, 4.69) is 20.8 Å². The van der Waals surface area contributed by atoms with Gasteiger partial charge in [-0.05, 0) is 11.1 Å². The Labute approximate surface area is 71.1 Å². The van der Waals surface area contributed by atoms with Crippen LogP contribution in [0.15, 0.2) is 0 Å². The summed E-state index contributed by atoms with van der Waals surface area (Å²) < 4.78 is 4.81. The van der Waals surface area contributed by atoms with E-state index in [1.807, 2.05) is 0 Å². The number of carbonyl (C=O) groups is 1. The van der Waals surface area contributed by atoms with Gasteiger partial charge in [-0.3, -0.25) is 4.79 Å². The van der Waals surface area contributed by atoms with Crippen LogP contribution in [0.5, 0.6) is 0 Å². The van der Waals surface area contributed by atoms with Crippen molar-refractivity contribution in [1.29, 1.82) is 0 Å². The third kappa shape index (κ3) is 9.69. The molecular formula is C8H16O2Si. The van der Waals surface area contributed by atoms with Crippen molar-refractivity contribution >= 4 is 15.5 Å². The molecule has 3 heteroatoms. The minimum atomic E-state index is -0.177. The Hall–Kier alpha value is -0.313. The molecule has 0 amide bonds. The van der Waals surface area contributed by atoms with Gasteiger partial charge in [0.05, 0.1) is 6.61 Å². The molecule has 64 valence electrons. The minimum absolute atomic E-state index is 0.177. The van der Waals surface area contributed by atoms with Crippen molar-refractivity contribution < 1.29 is 9.53 Å². The quantitative estimate of drug-likeness (QED) is 0.369. The number of hydrogen-bond donors (Lipinski definition) is 0. The van der Waals surface area contributed by atoms with Crippen LogP contribution in [-0.2, 0) is 9.53 Å². The molecule has 0 aromatic heterocycles. The first kappa shape index (κ1) is 10.7. The molecule has 0 spiro atoms. The van der Waals surface area contributed by atoms with Crippen LogP contribution in [0.2, 0.25) is 11.1 Å². The maximum atomic E-state index is 10.3. The fraction of sp³-hybridized carbons (Fsp3) is 0.875. The van der Waals surface area contributed by atoms with Crippen molar-refractivity contribution in [1.82, 2.24) is 0 Å². The highest BCUT2D eigenvalue weighted by Crippen LogP contribution is 2.21. The predicted molar refractivity (Wildman–Crippen MR) is 46.9 cm³/mol. The van der Waals surface area contributed by atoms with Crippen LogP contribution in [0.3, 0.4) is 0 Å². The van der Waals surface area contributed by atoms with Crippen LogP contribution in [0.1, 0.15) is 27.7 Å². The fourth-order valence-corrected chi connectivity index (χ4v) is 1.57. The minimum Gasteiger partial charge on any atom is -0.466 e. The molecule has 11 heavy (non-hydrogen) atoms. The number of hydrogen-bond acceptors (Lipinski definition) is 2. The monoisotopic (exact) mass is 172 g/mol. The summed E-state index contributed by atoms with van der Waals surface area (Å²) in [6, 6.07) is 0.989. The Morgan fingerprint density at radius 3 is 2.36 bits per heavy atom. The molecule has 0 heterocycles. The number of rotatable bonds is 3. The Morgan fingerprint density at radius 2 is 2.00 bits per heavy atom. The van der Waals surface area contributed by atoms with E-state index >= 15 is 0 Å². The van der Waals surface area contributed by atoms with Crippen molar-refractivity contribution in [2.75, 3.05) is 6.61 Å². The normalized spacial score (nSPS) is 11.3. The van der Waals surface area contributed by atoms with E-state index in [4.69, 9.17) is 4.74 Å². The molecule has 0 aliphatic rings. The second-order valence-electron chi connectivity index (χ2n) is 3.52. The Kier molecular flexibility index (Phi) is 4.41. The summed E-state index contributed by atoms with van der Waals surface area (Å²) in [6.07, 6.45) is 0. The highest BCUT2D eigenvalue weighted by molar-refractivity contribution is 6.39. The number of carbonyl (C=O) groups excluding carboxylic acids is 1. The Bertz CT molecular complexity index is 127. The van der Waals surface area contributed by atoms with Crippen LogP contribution in [0.4, 0.5) is 0 Å². The lowest BCUT2D eigenvalue weighted by Crippen LogP contribution is -2.11. The molecule has 0 saturated carbocycles. The van der Waals surface area contributed by atoms with Crippen molar-refractivity contribution in [3.63, 3.8) is 0 Å². The Morgan fingerprint density at radius 1 is 1.45 bits per heavy atom. The molecular weight excluding hydrogens is 156 g/mol. The largest absolute Gasteiger partial charge is 0.466 e. The first-order valence-electron chi connectivity index (χ1n) is 3.80. The highest BCUT2D eigenvalue weighted by Gasteiger charge is 2.10. The van der Waals surface area contributed by atoms with Crippen molar-refractivity contribution in [2.45, 2.75) is 38.8 Å². The zero-order chi connectivity index (χ0) is 8.91. The number of esters is 1. The van der Waals surface area contributed by atoms with Gasteiger partial charge in [-0.15, -0.1) is 0 Å². The molecule has 0 N–H and O–H groups in total. The summed E-state index contributed by atoms with van der Waals surface area (Å²) in [5.41, 5.74) is 0.